The van der Waals surface area contributed by atoms with Gasteiger partial charge in [-0.2, -0.15) is 5.16 Å². The van der Waals surface area contributed by atoms with Crippen LogP contribution in [0.3, 0.4) is 0 Å². The molecule has 0 saturated heterocycles. The largest absolute Gasteiger partial charge is 0.387 e. The van der Waals surface area contributed by atoms with Gasteiger partial charge in [-0.05, 0) is 0 Å². The lowest BCUT2D eigenvalue weighted by molar-refractivity contribution is 0.396. The average molecular weight is 141 g/mol. The zero-order valence-corrected chi connectivity index (χ0v) is 4.79. The van der Waals surface area contributed by atoms with E-state index < -0.39 is 16.4 Å². The number of aromatic amines is 1. The summed E-state index contributed by atoms with van der Waals surface area (Å²) in [5.74, 6) is 0. The van der Waals surface area contributed by atoms with E-state index in [2.05, 4.69) is 4.52 Å². The molecular formula is C5H3NO4. The van der Waals surface area contributed by atoms with Gasteiger partial charge < -0.3 is 4.52 Å². The van der Waals surface area contributed by atoms with E-state index in [1.807, 2.05) is 0 Å². The summed E-state index contributed by atoms with van der Waals surface area (Å²) in [6, 6.07) is 0.875. The first-order valence-corrected chi connectivity index (χ1v) is 2.42. The maximum absolute atomic E-state index is 10.5. The van der Waals surface area contributed by atoms with Crippen LogP contribution in [0.25, 0.3) is 0 Å². The van der Waals surface area contributed by atoms with Gasteiger partial charge in [-0.15, -0.1) is 0 Å². The minimum atomic E-state index is -1.12. The molecule has 0 aromatic carbocycles. The lowest BCUT2D eigenvalue weighted by atomic mass is 10.5. The quantitative estimate of drug-likeness (QED) is 0.455. The summed E-state index contributed by atoms with van der Waals surface area (Å²) in [5.41, 5.74) is -3.04. The minimum Gasteiger partial charge on any atom is -0.387 e. The van der Waals surface area contributed by atoms with Crippen molar-refractivity contribution in [3.8, 4) is 0 Å². The monoisotopic (exact) mass is 141 g/mol. The first-order valence-electron chi connectivity index (χ1n) is 2.42. The Labute approximate surface area is 53.9 Å². The number of H-pyrrole nitrogens is 1. The van der Waals surface area contributed by atoms with Crippen molar-refractivity contribution in [1.82, 2.24) is 5.16 Å². The summed E-state index contributed by atoms with van der Waals surface area (Å²) in [6.45, 7) is 0. The van der Waals surface area contributed by atoms with Gasteiger partial charge in [0.25, 0.3) is 5.43 Å². The summed E-state index contributed by atoms with van der Waals surface area (Å²) in [7, 11) is 0. The number of nitrogens with one attached hydrogen (secondary N) is 1. The van der Waals surface area contributed by atoms with Crippen molar-refractivity contribution in [2.24, 2.45) is 0 Å². The van der Waals surface area contributed by atoms with Gasteiger partial charge in [-0.1, -0.05) is 0 Å². The third-order valence-electron chi connectivity index (χ3n) is 0.869. The van der Waals surface area contributed by atoms with Crippen molar-refractivity contribution in [2.45, 2.75) is 0 Å². The van der Waals surface area contributed by atoms with Crippen LogP contribution in [0, 0.1) is 0 Å². The zero-order chi connectivity index (χ0) is 7.56. The molecule has 1 aromatic heterocycles. The van der Waals surface area contributed by atoms with Crippen molar-refractivity contribution in [1.29, 1.82) is 0 Å². The smallest absolute Gasteiger partial charge is 0.328 e. The maximum atomic E-state index is 10.5. The fourth-order valence-corrected chi connectivity index (χ4v) is 0.417. The predicted molar refractivity (Wildman–Crippen MR) is 31.9 cm³/mol. The number of rotatable bonds is 0. The minimum absolute atomic E-state index is 0.875. The molecule has 0 unspecified atom stereocenters. The summed E-state index contributed by atoms with van der Waals surface area (Å²) in [4.78, 5) is 31.3. The Morgan fingerprint density at radius 2 is 2.00 bits per heavy atom. The van der Waals surface area contributed by atoms with Crippen LogP contribution in [-0.4, -0.2) is 5.16 Å². The zero-order valence-electron chi connectivity index (χ0n) is 4.79. The number of aromatic nitrogens is 1. The molecule has 0 aliphatic carbocycles. The molecular weight excluding hydrogens is 138 g/mol. The van der Waals surface area contributed by atoms with Crippen LogP contribution in [0.2, 0.25) is 0 Å². The SMILES string of the molecule is O=c1cco[nH]c(=O)c1=O. The van der Waals surface area contributed by atoms with Gasteiger partial charge in [-0.25, -0.2) is 0 Å². The normalized spacial score (nSPS) is 9.20. The Morgan fingerprint density at radius 3 is 2.70 bits per heavy atom. The molecule has 0 bridgehead atoms. The molecule has 5 heteroatoms. The molecule has 0 aliphatic rings. The third kappa shape index (κ3) is 1.02. The Balaban J connectivity index is 3.89. The molecule has 1 aromatic rings. The van der Waals surface area contributed by atoms with E-state index >= 15 is 0 Å². The van der Waals surface area contributed by atoms with E-state index in [1.165, 1.54) is 0 Å². The second kappa shape index (κ2) is 2.30. The highest BCUT2D eigenvalue weighted by molar-refractivity contribution is 4.88. The molecule has 0 amide bonds. The molecule has 10 heavy (non-hydrogen) atoms. The van der Waals surface area contributed by atoms with Crippen LogP contribution in [0.4, 0.5) is 0 Å². The van der Waals surface area contributed by atoms with Crippen LogP contribution in [0.5, 0.6) is 0 Å². The second-order valence-electron chi connectivity index (χ2n) is 1.55. The molecule has 1 heterocycles. The van der Waals surface area contributed by atoms with Crippen molar-refractivity contribution in [3.05, 3.63) is 43.1 Å². The van der Waals surface area contributed by atoms with Gasteiger partial charge in [0.05, 0.1) is 0 Å². The van der Waals surface area contributed by atoms with Gasteiger partial charge >= 0.3 is 5.56 Å². The lowest BCUT2D eigenvalue weighted by Crippen LogP contribution is -2.35. The van der Waals surface area contributed by atoms with Crippen LogP contribution in [-0.2, 0) is 0 Å². The van der Waals surface area contributed by atoms with Crippen molar-refractivity contribution < 1.29 is 4.52 Å². The van der Waals surface area contributed by atoms with E-state index in [9.17, 15) is 14.4 Å². The molecule has 1 N–H and O–H groups in total. The Bertz CT molecular complexity index is 352. The topological polar surface area (TPSA) is 80.1 Å². The van der Waals surface area contributed by atoms with Gasteiger partial charge in [-0.3, -0.25) is 14.4 Å². The van der Waals surface area contributed by atoms with Crippen molar-refractivity contribution >= 4 is 0 Å². The van der Waals surface area contributed by atoms with Gasteiger partial charge in [0.2, 0.25) is 5.43 Å². The van der Waals surface area contributed by atoms with Crippen molar-refractivity contribution in [3.63, 3.8) is 0 Å². The summed E-state index contributed by atoms with van der Waals surface area (Å²) in [6.07, 6.45) is 0.936. The first kappa shape index (κ1) is 6.47. The average Bonchev–Trinajstić information content (AvgIpc) is 2.04. The Morgan fingerprint density at radius 1 is 1.30 bits per heavy atom. The molecule has 0 spiro atoms. The Hall–Kier alpha value is -1.65. The van der Waals surface area contributed by atoms with E-state index in [4.69, 9.17) is 0 Å². The number of hydrogen-bond acceptors (Lipinski definition) is 4. The number of hydrogen-bond donors (Lipinski definition) is 1. The summed E-state index contributed by atoms with van der Waals surface area (Å²) in [5, 5.41) is 1.73. The van der Waals surface area contributed by atoms with Gasteiger partial charge in [0.15, 0.2) is 0 Å². The second-order valence-corrected chi connectivity index (χ2v) is 1.55. The molecule has 0 aliphatic heterocycles. The maximum Gasteiger partial charge on any atom is 0.328 e. The highest BCUT2D eigenvalue weighted by Gasteiger charge is 1.93. The molecule has 0 saturated carbocycles. The van der Waals surface area contributed by atoms with Crippen LogP contribution in [0.1, 0.15) is 0 Å². The first-order chi connectivity index (χ1) is 4.72. The van der Waals surface area contributed by atoms with Crippen LogP contribution in [0.15, 0.2) is 31.2 Å². The van der Waals surface area contributed by atoms with Gasteiger partial charge in [0, 0.05) is 6.07 Å². The molecule has 0 atom stereocenters. The molecule has 5 nitrogen and oxygen atoms in total. The van der Waals surface area contributed by atoms with Gasteiger partial charge in [0.1, 0.15) is 6.26 Å². The fraction of sp³-hybridized carbons (Fsp3) is 0. The van der Waals surface area contributed by atoms with Crippen LogP contribution < -0.4 is 16.4 Å². The Kier molecular flexibility index (Phi) is 1.49. The fourth-order valence-electron chi connectivity index (χ4n) is 0.417. The predicted octanol–water partition coefficient (Wildman–Crippen LogP) is -1.31. The molecule has 0 radical (unpaired) electrons. The van der Waals surface area contributed by atoms with E-state index in [1.54, 1.807) is 5.16 Å². The standard InChI is InChI=1S/C5H3NO4/c7-3-1-2-10-6-5(9)4(3)8/h1-2H,(H,6,9). The van der Waals surface area contributed by atoms with E-state index in [0.29, 0.717) is 0 Å². The highest BCUT2D eigenvalue weighted by Crippen LogP contribution is 1.58. The summed E-state index contributed by atoms with van der Waals surface area (Å²) < 4.78 is 4.23. The van der Waals surface area contributed by atoms with Crippen LogP contribution >= 0.6 is 0 Å². The molecule has 0 fully saturated rings. The lowest BCUT2D eigenvalue weighted by Gasteiger charge is -1.63. The third-order valence-corrected chi connectivity index (χ3v) is 0.869. The van der Waals surface area contributed by atoms with E-state index in [0.717, 1.165) is 12.3 Å². The van der Waals surface area contributed by atoms with E-state index in [-0.39, 0.29) is 0 Å². The summed E-state index contributed by atoms with van der Waals surface area (Å²) >= 11 is 0. The molecule has 1 rings (SSSR count). The van der Waals surface area contributed by atoms with Crippen molar-refractivity contribution in [2.75, 3.05) is 0 Å². The molecule has 52 valence electrons. The highest BCUT2D eigenvalue weighted by atomic mass is 16.5.